The molecule has 0 fully saturated rings. The topological polar surface area (TPSA) is 75.1 Å². The Morgan fingerprint density at radius 3 is 2.59 bits per heavy atom. The first-order valence-corrected chi connectivity index (χ1v) is 5.12. The number of aromatic nitrogens is 2. The Bertz CT molecular complexity index is 637. The summed E-state index contributed by atoms with van der Waals surface area (Å²) in [7, 11) is 0. The minimum atomic E-state index is -1.21. The molecule has 0 aliphatic carbocycles. The largest absolute Gasteiger partial charge is 0.477 e. The van der Waals surface area contributed by atoms with Gasteiger partial charge in [0, 0.05) is 5.69 Å². The van der Waals surface area contributed by atoms with Crippen molar-refractivity contribution in [1.82, 2.24) is 9.78 Å². The Hall–Kier alpha value is -2.30. The van der Waals surface area contributed by atoms with Crippen LogP contribution in [-0.4, -0.2) is 20.9 Å². The van der Waals surface area contributed by atoms with Gasteiger partial charge in [0.1, 0.15) is 5.56 Å². The Morgan fingerprint density at radius 2 is 2.06 bits per heavy atom. The van der Waals surface area contributed by atoms with Gasteiger partial charge in [0.25, 0.3) is 5.56 Å². The van der Waals surface area contributed by atoms with Crippen molar-refractivity contribution in [2.45, 2.75) is 13.8 Å². The predicted octanol–water partition coefficient (Wildman–Crippen LogP) is 1.48. The van der Waals surface area contributed by atoms with Crippen LogP contribution < -0.4 is 5.56 Å². The van der Waals surface area contributed by atoms with Crippen molar-refractivity contribution in [2.75, 3.05) is 0 Å². The first-order chi connectivity index (χ1) is 8.00. The number of hydrogen-bond donors (Lipinski definition) is 2. The maximum absolute atomic E-state index is 11.9. The van der Waals surface area contributed by atoms with Gasteiger partial charge in [-0.25, -0.2) is 9.48 Å². The lowest BCUT2D eigenvalue weighted by Crippen LogP contribution is -2.20. The molecule has 1 heterocycles. The number of benzene rings is 1. The number of aromatic carboxylic acids is 1. The molecular formula is C12H12N2O3. The third kappa shape index (κ3) is 1.87. The van der Waals surface area contributed by atoms with Gasteiger partial charge in [-0.1, -0.05) is 12.1 Å². The van der Waals surface area contributed by atoms with Gasteiger partial charge < -0.3 is 5.11 Å². The van der Waals surface area contributed by atoms with Crippen LogP contribution in [0.25, 0.3) is 5.69 Å². The molecule has 0 aliphatic heterocycles. The third-order valence-electron chi connectivity index (χ3n) is 2.55. The van der Waals surface area contributed by atoms with Crippen molar-refractivity contribution < 1.29 is 9.90 Å². The Balaban J connectivity index is 2.66. The van der Waals surface area contributed by atoms with Crippen molar-refractivity contribution >= 4 is 5.97 Å². The fraction of sp³-hybridized carbons (Fsp3) is 0.167. The maximum atomic E-state index is 11.9. The van der Waals surface area contributed by atoms with Crippen molar-refractivity contribution in [3.63, 3.8) is 0 Å². The van der Waals surface area contributed by atoms with E-state index in [2.05, 4.69) is 5.10 Å². The molecule has 0 radical (unpaired) electrons. The van der Waals surface area contributed by atoms with E-state index in [1.165, 1.54) is 4.68 Å². The molecule has 0 bridgehead atoms. The molecule has 2 rings (SSSR count). The second-order valence-corrected chi connectivity index (χ2v) is 3.90. The number of hydrogen-bond acceptors (Lipinski definition) is 2. The number of carboxylic acids is 1. The Kier molecular flexibility index (Phi) is 2.59. The van der Waals surface area contributed by atoms with E-state index in [0.29, 0.717) is 11.4 Å². The van der Waals surface area contributed by atoms with Gasteiger partial charge in [-0.3, -0.25) is 9.89 Å². The SMILES string of the molecule is Cc1cccc(-n2[nH]c(C)c(C(=O)O)c2=O)c1. The van der Waals surface area contributed by atoms with Crippen LogP contribution in [0.3, 0.4) is 0 Å². The third-order valence-corrected chi connectivity index (χ3v) is 2.55. The molecule has 0 amide bonds. The second kappa shape index (κ2) is 3.93. The van der Waals surface area contributed by atoms with Crippen LogP contribution in [0, 0.1) is 13.8 Å². The second-order valence-electron chi connectivity index (χ2n) is 3.90. The zero-order valence-electron chi connectivity index (χ0n) is 9.52. The van der Waals surface area contributed by atoms with Crippen molar-refractivity contribution in [3.8, 4) is 5.69 Å². The maximum Gasteiger partial charge on any atom is 0.343 e. The van der Waals surface area contributed by atoms with Crippen molar-refractivity contribution in [2.24, 2.45) is 0 Å². The molecule has 1 aromatic heterocycles. The van der Waals surface area contributed by atoms with Crippen LogP contribution in [0.2, 0.25) is 0 Å². The summed E-state index contributed by atoms with van der Waals surface area (Å²) in [4.78, 5) is 22.8. The van der Waals surface area contributed by atoms with Gasteiger partial charge in [-0.15, -0.1) is 0 Å². The standard InChI is InChI=1S/C12H12N2O3/c1-7-4-3-5-9(6-7)14-11(15)10(12(16)17)8(2)13-14/h3-6,13H,1-2H3,(H,16,17). The van der Waals surface area contributed by atoms with E-state index in [-0.39, 0.29) is 5.56 Å². The van der Waals surface area contributed by atoms with Crippen LogP contribution in [0.1, 0.15) is 21.6 Å². The zero-order chi connectivity index (χ0) is 12.6. The Labute approximate surface area is 97.3 Å². The average Bonchev–Trinajstić information content (AvgIpc) is 2.54. The first kappa shape index (κ1) is 11.2. The molecular weight excluding hydrogens is 220 g/mol. The van der Waals surface area contributed by atoms with E-state index in [1.54, 1.807) is 13.0 Å². The molecule has 0 aliphatic rings. The van der Waals surface area contributed by atoms with Crippen LogP contribution in [0.15, 0.2) is 29.1 Å². The van der Waals surface area contributed by atoms with Crippen LogP contribution in [0.5, 0.6) is 0 Å². The lowest BCUT2D eigenvalue weighted by molar-refractivity contribution is 0.0694. The van der Waals surface area contributed by atoms with Crippen LogP contribution in [-0.2, 0) is 0 Å². The number of carbonyl (C=O) groups is 1. The van der Waals surface area contributed by atoms with E-state index in [9.17, 15) is 9.59 Å². The molecule has 1 aromatic carbocycles. The summed E-state index contributed by atoms with van der Waals surface area (Å²) in [6, 6.07) is 7.27. The number of H-pyrrole nitrogens is 1. The lowest BCUT2D eigenvalue weighted by Gasteiger charge is -2.01. The summed E-state index contributed by atoms with van der Waals surface area (Å²) >= 11 is 0. The van der Waals surface area contributed by atoms with Gasteiger partial charge in [-0.2, -0.15) is 0 Å². The predicted molar refractivity (Wildman–Crippen MR) is 62.8 cm³/mol. The van der Waals surface area contributed by atoms with Crippen LogP contribution >= 0.6 is 0 Å². The molecule has 0 saturated carbocycles. The van der Waals surface area contributed by atoms with Gasteiger partial charge in [0.2, 0.25) is 0 Å². The van der Waals surface area contributed by atoms with E-state index in [0.717, 1.165) is 5.56 Å². The van der Waals surface area contributed by atoms with E-state index in [4.69, 9.17) is 5.11 Å². The van der Waals surface area contributed by atoms with Crippen molar-refractivity contribution in [1.29, 1.82) is 0 Å². The minimum Gasteiger partial charge on any atom is -0.477 e. The molecule has 2 N–H and O–H groups in total. The zero-order valence-corrected chi connectivity index (χ0v) is 9.52. The molecule has 17 heavy (non-hydrogen) atoms. The summed E-state index contributed by atoms with van der Waals surface area (Å²) in [6.45, 7) is 3.47. The summed E-state index contributed by atoms with van der Waals surface area (Å²) in [6.07, 6.45) is 0. The minimum absolute atomic E-state index is 0.216. The van der Waals surface area contributed by atoms with Gasteiger partial charge in [0.15, 0.2) is 0 Å². The molecule has 0 spiro atoms. The van der Waals surface area contributed by atoms with Gasteiger partial charge >= 0.3 is 5.97 Å². The van der Waals surface area contributed by atoms with Gasteiger partial charge in [-0.05, 0) is 31.5 Å². The number of aromatic amines is 1. The lowest BCUT2D eigenvalue weighted by atomic mass is 10.2. The normalized spacial score (nSPS) is 10.5. The molecule has 5 nitrogen and oxygen atoms in total. The summed E-state index contributed by atoms with van der Waals surface area (Å²) in [5.74, 6) is -1.21. The smallest absolute Gasteiger partial charge is 0.343 e. The average molecular weight is 232 g/mol. The summed E-state index contributed by atoms with van der Waals surface area (Å²) < 4.78 is 1.24. The van der Waals surface area contributed by atoms with Crippen LogP contribution in [0.4, 0.5) is 0 Å². The first-order valence-electron chi connectivity index (χ1n) is 5.12. The highest BCUT2D eigenvalue weighted by atomic mass is 16.4. The number of carboxylic acid groups (broad SMARTS) is 1. The molecule has 2 aromatic rings. The fourth-order valence-electron chi connectivity index (χ4n) is 1.75. The van der Waals surface area contributed by atoms with Gasteiger partial charge in [0.05, 0.1) is 5.69 Å². The number of nitrogens with zero attached hydrogens (tertiary/aromatic N) is 1. The fourth-order valence-corrected chi connectivity index (χ4v) is 1.75. The highest BCUT2D eigenvalue weighted by Gasteiger charge is 2.18. The van der Waals surface area contributed by atoms with E-state index >= 15 is 0 Å². The summed E-state index contributed by atoms with van der Waals surface area (Å²) in [5.41, 5.74) is 1.22. The molecule has 0 saturated heterocycles. The summed E-state index contributed by atoms with van der Waals surface area (Å²) in [5, 5.41) is 11.7. The Morgan fingerprint density at radius 1 is 1.35 bits per heavy atom. The monoisotopic (exact) mass is 232 g/mol. The number of aryl methyl sites for hydroxylation is 2. The highest BCUT2D eigenvalue weighted by Crippen LogP contribution is 2.09. The molecule has 5 heteroatoms. The molecule has 0 unspecified atom stereocenters. The number of nitrogens with one attached hydrogen (secondary N) is 1. The molecule has 88 valence electrons. The van der Waals surface area contributed by atoms with E-state index < -0.39 is 11.5 Å². The quantitative estimate of drug-likeness (QED) is 0.823. The number of rotatable bonds is 2. The molecule has 0 atom stereocenters. The highest BCUT2D eigenvalue weighted by molar-refractivity contribution is 5.88. The van der Waals surface area contributed by atoms with Crippen molar-refractivity contribution in [3.05, 3.63) is 51.4 Å². The van der Waals surface area contributed by atoms with E-state index in [1.807, 2.05) is 25.1 Å².